The van der Waals surface area contributed by atoms with Crippen LogP contribution in [0.3, 0.4) is 0 Å². The maximum Gasteiger partial charge on any atom is 0.305 e. The molecule has 0 aliphatic carbocycles. The molecule has 1 aromatic carbocycles. The van der Waals surface area contributed by atoms with Gasteiger partial charge in [0, 0.05) is 16.5 Å². The summed E-state index contributed by atoms with van der Waals surface area (Å²) in [5.74, 6) is 0.398. The Morgan fingerprint density at radius 1 is 1.44 bits per heavy atom. The third-order valence-corrected chi connectivity index (χ3v) is 2.92. The van der Waals surface area contributed by atoms with Crippen molar-refractivity contribution in [3.63, 3.8) is 0 Å². The molecule has 0 N–H and O–H groups in total. The summed E-state index contributed by atoms with van der Waals surface area (Å²) in [5.41, 5.74) is 0.540. The van der Waals surface area contributed by atoms with Gasteiger partial charge >= 0.3 is 5.97 Å². The van der Waals surface area contributed by atoms with Crippen LogP contribution in [-0.4, -0.2) is 25.5 Å². The minimum absolute atomic E-state index is 0.217. The van der Waals surface area contributed by atoms with Crippen LogP contribution in [0.15, 0.2) is 22.7 Å². The predicted molar refractivity (Wildman–Crippen MR) is 70.9 cm³/mol. The van der Waals surface area contributed by atoms with Gasteiger partial charge in [-0.25, -0.2) is 0 Å². The summed E-state index contributed by atoms with van der Waals surface area (Å²) < 4.78 is 11.0. The summed E-state index contributed by atoms with van der Waals surface area (Å²) in [6, 6.07) is 5.17. The van der Waals surface area contributed by atoms with Gasteiger partial charge < -0.3 is 9.47 Å². The van der Waals surface area contributed by atoms with E-state index < -0.39 is 0 Å². The van der Waals surface area contributed by atoms with Crippen LogP contribution in [0.2, 0.25) is 0 Å². The Labute approximate surface area is 114 Å². The fourth-order valence-electron chi connectivity index (χ4n) is 1.34. The fourth-order valence-corrected chi connectivity index (χ4v) is 1.68. The van der Waals surface area contributed by atoms with E-state index in [1.807, 2.05) is 0 Å². The molecule has 1 rings (SSSR count). The maximum atomic E-state index is 11.1. The van der Waals surface area contributed by atoms with E-state index in [0.717, 1.165) is 10.8 Å². The van der Waals surface area contributed by atoms with Gasteiger partial charge in [0.2, 0.25) is 0 Å². The molecule has 5 heteroatoms. The molecule has 0 unspecified atom stereocenters. The first-order valence-corrected chi connectivity index (χ1v) is 6.49. The fraction of sp³-hybridized carbons (Fsp3) is 0.385. The molecule has 0 spiro atoms. The van der Waals surface area contributed by atoms with Crippen LogP contribution in [0, 0.1) is 0 Å². The number of aldehydes is 1. The number of ether oxygens (including phenoxy) is 2. The molecule has 0 aliphatic heterocycles. The highest BCUT2D eigenvalue weighted by Crippen LogP contribution is 2.21. The van der Waals surface area contributed by atoms with Gasteiger partial charge in [-0.3, -0.25) is 9.59 Å². The number of hydrogen-bond acceptors (Lipinski definition) is 4. The molecule has 0 aromatic heterocycles. The Kier molecular flexibility index (Phi) is 6.43. The highest BCUT2D eigenvalue weighted by Gasteiger charge is 2.03. The van der Waals surface area contributed by atoms with E-state index in [1.54, 1.807) is 25.1 Å². The van der Waals surface area contributed by atoms with Crippen molar-refractivity contribution in [1.82, 2.24) is 0 Å². The predicted octanol–water partition coefficient (Wildman–Crippen LogP) is 2.98. The van der Waals surface area contributed by atoms with E-state index in [9.17, 15) is 9.59 Å². The Morgan fingerprint density at radius 3 is 2.89 bits per heavy atom. The molecule has 0 atom stereocenters. The third-order valence-electron chi connectivity index (χ3n) is 2.19. The largest absolute Gasteiger partial charge is 0.494 e. The summed E-state index contributed by atoms with van der Waals surface area (Å²) in [5, 5.41) is 0. The number of hydrogen-bond donors (Lipinski definition) is 0. The smallest absolute Gasteiger partial charge is 0.305 e. The Hall–Kier alpha value is -1.36. The second-order valence-electron chi connectivity index (χ2n) is 3.56. The van der Waals surface area contributed by atoms with Crippen molar-refractivity contribution in [1.29, 1.82) is 0 Å². The lowest BCUT2D eigenvalue weighted by molar-refractivity contribution is -0.143. The molecule has 0 aliphatic rings. The molecule has 0 radical (unpaired) electrons. The molecule has 0 saturated heterocycles. The monoisotopic (exact) mass is 314 g/mol. The van der Waals surface area contributed by atoms with Crippen molar-refractivity contribution in [3.8, 4) is 5.75 Å². The van der Waals surface area contributed by atoms with Crippen LogP contribution in [0.1, 0.15) is 30.1 Å². The molecule has 0 bridgehead atoms. The zero-order valence-corrected chi connectivity index (χ0v) is 11.7. The van der Waals surface area contributed by atoms with Crippen molar-refractivity contribution < 1.29 is 19.1 Å². The number of rotatable bonds is 7. The number of halogens is 1. The standard InChI is InChI=1S/C13H15BrO4/c1-2-17-13(16)4-3-7-18-11-5-6-12(14)10(8-11)9-15/h5-6,8-9H,2-4,7H2,1H3. The van der Waals surface area contributed by atoms with E-state index >= 15 is 0 Å². The molecule has 0 amide bonds. The van der Waals surface area contributed by atoms with Crippen molar-refractivity contribution in [2.75, 3.05) is 13.2 Å². The van der Waals surface area contributed by atoms with Gasteiger partial charge in [-0.15, -0.1) is 0 Å². The van der Waals surface area contributed by atoms with Gasteiger partial charge in [0.05, 0.1) is 13.2 Å². The lowest BCUT2D eigenvalue weighted by Gasteiger charge is -2.07. The van der Waals surface area contributed by atoms with E-state index in [4.69, 9.17) is 9.47 Å². The Balaban J connectivity index is 2.35. The first-order chi connectivity index (χ1) is 8.67. The second-order valence-corrected chi connectivity index (χ2v) is 4.41. The van der Waals surface area contributed by atoms with E-state index in [-0.39, 0.29) is 5.97 Å². The number of carbonyl (C=O) groups is 2. The van der Waals surface area contributed by atoms with Gasteiger partial charge in [0.25, 0.3) is 0 Å². The average Bonchev–Trinajstić information content (AvgIpc) is 2.37. The molecule has 4 nitrogen and oxygen atoms in total. The number of carbonyl (C=O) groups excluding carboxylic acids is 2. The van der Waals surface area contributed by atoms with Crippen LogP contribution in [-0.2, 0) is 9.53 Å². The Bertz CT molecular complexity index is 417. The second kappa shape index (κ2) is 7.87. The summed E-state index contributed by atoms with van der Waals surface area (Å²) in [6.07, 6.45) is 1.69. The molecule has 18 heavy (non-hydrogen) atoms. The molecule has 0 saturated carbocycles. The highest BCUT2D eigenvalue weighted by atomic mass is 79.9. The molecular weight excluding hydrogens is 300 g/mol. The summed E-state index contributed by atoms with van der Waals surface area (Å²) >= 11 is 3.26. The zero-order valence-electron chi connectivity index (χ0n) is 10.1. The lowest BCUT2D eigenvalue weighted by atomic mass is 10.2. The SMILES string of the molecule is CCOC(=O)CCCOc1ccc(Br)c(C=O)c1. The summed E-state index contributed by atoms with van der Waals surface area (Å²) in [6.45, 7) is 2.59. The highest BCUT2D eigenvalue weighted by molar-refractivity contribution is 9.10. The minimum Gasteiger partial charge on any atom is -0.494 e. The minimum atomic E-state index is -0.217. The van der Waals surface area contributed by atoms with Crippen LogP contribution in [0.4, 0.5) is 0 Å². The van der Waals surface area contributed by atoms with Gasteiger partial charge in [-0.05, 0) is 31.5 Å². The van der Waals surface area contributed by atoms with Crippen LogP contribution in [0.25, 0.3) is 0 Å². The quantitative estimate of drug-likeness (QED) is 0.441. The summed E-state index contributed by atoms with van der Waals surface area (Å²) in [4.78, 5) is 21.8. The average molecular weight is 315 g/mol. The lowest BCUT2D eigenvalue weighted by Crippen LogP contribution is -2.06. The van der Waals surface area contributed by atoms with Crippen molar-refractivity contribution in [3.05, 3.63) is 28.2 Å². The Morgan fingerprint density at radius 2 is 2.22 bits per heavy atom. The van der Waals surface area contributed by atoms with Crippen LogP contribution < -0.4 is 4.74 Å². The van der Waals surface area contributed by atoms with Gasteiger partial charge in [0.15, 0.2) is 6.29 Å². The number of benzene rings is 1. The van der Waals surface area contributed by atoms with Crippen molar-refractivity contribution in [2.24, 2.45) is 0 Å². The molecule has 0 heterocycles. The van der Waals surface area contributed by atoms with Gasteiger partial charge in [0.1, 0.15) is 5.75 Å². The van der Waals surface area contributed by atoms with E-state index in [0.29, 0.717) is 37.4 Å². The molecule has 1 aromatic rings. The normalized spacial score (nSPS) is 9.89. The van der Waals surface area contributed by atoms with Crippen molar-refractivity contribution in [2.45, 2.75) is 19.8 Å². The number of esters is 1. The first-order valence-electron chi connectivity index (χ1n) is 5.70. The summed E-state index contributed by atoms with van der Waals surface area (Å²) in [7, 11) is 0. The maximum absolute atomic E-state index is 11.1. The topological polar surface area (TPSA) is 52.6 Å². The zero-order chi connectivity index (χ0) is 13.4. The van der Waals surface area contributed by atoms with Crippen LogP contribution >= 0.6 is 15.9 Å². The van der Waals surface area contributed by atoms with E-state index in [2.05, 4.69) is 15.9 Å². The first kappa shape index (κ1) is 14.7. The van der Waals surface area contributed by atoms with Crippen LogP contribution in [0.5, 0.6) is 5.75 Å². The van der Waals surface area contributed by atoms with Crippen molar-refractivity contribution >= 4 is 28.2 Å². The molecule has 98 valence electrons. The van der Waals surface area contributed by atoms with Gasteiger partial charge in [-0.1, -0.05) is 15.9 Å². The van der Waals surface area contributed by atoms with E-state index in [1.165, 1.54) is 0 Å². The molecular formula is C13H15BrO4. The molecule has 0 fully saturated rings. The third kappa shape index (κ3) is 4.87. The van der Waals surface area contributed by atoms with Gasteiger partial charge in [-0.2, -0.15) is 0 Å².